The highest BCUT2D eigenvalue weighted by Gasteiger charge is 2.48. The first kappa shape index (κ1) is 21.0. The summed E-state index contributed by atoms with van der Waals surface area (Å²) in [7, 11) is 0. The summed E-state index contributed by atoms with van der Waals surface area (Å²) in [6.07, 6.45) is 1.71. The minimum absolute atomic E-state index is 0. The number of carbonyl (C=O) groups is 2. The number of amides is 3. The predicted octanol–water partition coefficient (Wildman–Crippen LogP) is 1.54. The van der Waals surface area contributed by atoms with Gasteiger partial charge in [-0.3, -0.25) is 15.1 Å². The second kappa shape index (κ2) is 8.87. The Balaban J connectivity index is 0.00000288. The summed E-state index contributed by atoms with van der Waals surface area (Å²) in [5.41, 5.74) is -0.781. The number of rotatable bonds is 4. The standard InChI is InChI=1S/C16H29N5O2.HI/c1-5-17-14(18-10-11(2)3)21-8-6-12(7-9-21)16(4)13(22)19-15(23)20-16;/h11-12H,5-10H2,1-4H3,(H,17,18)(H2,19,20,22,23);1H. The third-order valence-corrected chi connectivity index (χ3v) is 4.62. The summed E-state index contributed by atoms with van der Waals surface area (Å²) in [6, 6.07) is -0.383. The van der Waals surface area contributed by atoms with E-state index in [1.54, 1.807) is 0 Å². The molecule has 138 valence electrons. The highest BCUT2D eigenvalue weighted by Crippen LogP contribution is 2.30. The van der Waals surface area contributed by atoms with Crippen molar-refractivity contribution in [3.63, 3.8) is 0 Å². The number of nitrogens with zero attached hydrogens (tertiary/aromatic N) is 2. The monoisotopic (exact) mass is 451 g/mol. The number of piperidine rings is 1. The van der Waals surface area contributed by atoms with Gasteiger partial charge in [-0.05, 0) is 38.5 Å². The van der Waals surface area contributed by atoms with Crippen LogP contribution in [0.25, 0.3) is 0 Å². The van der Waals surface area contributed by atoms with Gasteiger partial charge in [-0.25, -0.2) is 4.79 Å². The third-order valence-electron chi connectivity index (χ3n) is 4.62. The fraction of sp³-hybridized carbons (Fsp3) is 0.812. The normalized spacial score (nSPS) is 25.4. The lowest BCUT2D eigenvalue weighted by molar-refractivity contribution is -0.125. The van der Waals surface area contributed by atoms with Crippen molar-refractivity contribution < 1.29 is 9.59 Å². The second-order valence-corrected chi connectivity index (χ2v) is 6.96. The summed E-state index contributed by atoms with van der Waals surface area (Å²) in [6.45, 7) is 11.5. The van der Waals surface area contributed by atoms with Gasteiger partial charge in [-0.15, -0.1) is 24.0 Å². The van der Waals surface area contributed by atoms with Crippen LogP contribution in [0.5, 0.6) is 0 Å². The van der Waals surface area contributed by atoms with Gasteiger partial charge in [0.2, 0.25) is 0 Å². The summed E-state index contributed by atoms with van der Waals surface area (Å²) in [5.74, 6) is 1.42. The van der Waals surface area contributed by atoms with E-state index in [2.05, 4.69) is 46.6 Å². The van der Waals surface area contributed by atoms with Gasteiger partial charge in [0, 0.05) is 26.2 Å². The number of nitrogens with one attached hydrogen (secondary N) is 3. The molecule has 0 radical (unpaired) electrons. The lowest BCUT2D eigenvalue weighted by Gasteiger charge is -2.39. The molecule has 2 saturated heterocycles. The maximum atomic E-state index is 12.1. The van der Waals surface area contributed by atoms with Crippen molar-refractivity contribution in [2.24, 2.45) is 16.8 Å². The summed E-state index contributed by atoms with van der Waals surface area (Å²) in [5, 5.41) is 8.49. The molecule has 0 aliphatic carbocycles. The molecule has 1 unspecified atom stereocenters. The third kappa shape index (κ3) is 4.73. The Kier molecular flexibility index (Phi) is 7.75. The van der Waals surface area contributed by atoms with Crippen molar-refractivity contribution >= 4 is 41.9 Å². The first-order chi connectivity index (χ1) is 10.9. The SMILES string of the molecule is CCNC(=NCC(C)C)N1CCC(C2(C)NC(=O)NC2=O)CC1.I. The van der Waals surface area contributed by atoms with E-state index < -0.39 is 5.54 Å². The topological polar surface area (TPSA) is 85.8 Å². The van der Waals surface area contributed by atoms with E-state index in [-0.39, 0.29) is 41.8 Å². The molecule has 0 bridgehead atoms. The van der Waals surface area contributed by atoms with Gasteiger partial charge < -0.3 is 15.5 Å². The molecule has 24 heavy (non-hydrogen) atoms. The maximum absolute atomic E-state index is 12.1. The van der Waals surface area contributed by atoms with E-state index in [0.29, 0.717) is 5.92 Å². The van der Waals surface area contributed by atoms with E-state index in [1.165, 1.54) is 0 Å². The molecule has 7 nitrogen and oxygen atoms in total. The molecule has 1 atom stereocenters. The zero-order chi connectivity index (χ0) is 17.0. The van der Waals surface area contributed by atoms with Crippen LogP contribution in [0.2, 0.25) is 0 Å². The molecule has 2 aliphatic rings. The fourth-order valence-electron chi connectivity index (χ4n) is 3.21. The average molecular weight is 451 g/mol. The first-order valence-corrected chi connectivity index (χ1v) is 8.53. The van der Waals surface area contributed by atoms with E-state index in [4.69, 9.17) is 0 Å². The first-order valence-electron chi connectivity index (χ1n) is 8.53. The van der Waals surface area contributed by atoms with Crippen LogP contribution in [0.1, 0.15) is 40.5 Å². The lowest BCUT2D eigenvalue weighted by Crippen LogP contribution is -2.55. The average Bonchev–Trinajstić information content (AvgIpc) is 2.77. The van der Waals surface area contributed by atoms with Crippen LogP contribution >= 0.6 is 24.0 Å². The van der Waals surface area contributed by atoms with Crippen molar-refractivity contribution in [2.45, 2.75) is 46.1 Å². The number of likely N-dealkylation sites (tertiary alicyclic amines) is 1. The molecule has 2 rings (SSSR count). The van der Waals surface area contributed by atoms with Crippen LogP contribution in [0.15, 0.2) is 4.99 Å². The molecule has 2 heterocycles. The van der Waals surface area contributed by atoms with Crippen molar-refractivity contribution in [1.82, 2.24) is 20.9 Å². The Morgan fingerprint density at radius 2 is 2.00 bits per heavy atom. The highest BCUT2D eigenvalue weighted by atomic mass is 127. The number of hydrogen-bond donors (Lipinski definition) is 3. The van der Waals surface area contributed by atoms with Crippen LogP contribution in [0.3, 0.4) is 0 Å². The highest BCUT2D eigenvalue weighted by molar-refractivity contribution is 14.0. The van der Waals surface area contributed by atoms with Crippen LogP contribution in [0.4, 0.5) is 4.79 Å². The molecule has 2 aliphatic heterocycles. The van der Waals surface area contributed by atoms with Crippen molar-refractivity contribution in [3.05, 3.63) is 0 Å². The van der Waals surface area contributed by atoms with Gasteiger partial charge >= 0.3 is 6.03 Å². The van der Waals surface area contributed by atoms with Crippen LogP contribution in [-0.4, -0.2) is 54.5 Å². The molecule has 3 amide bonds. The molecule has 0 aromatic heterocycles. The van der Waals surface area contributed by atoms with E-state index >= 15 is 0 Å². The van der Waals surface area contributed by atoms with Gasteiger partial charge in [0.25, 0.3) is 5.91 Å². The molecule has 8 heteroatoms. The Morgan fingerprint density at radius 1 is 1.38 bits per heavy atom. The number of halogens is 1. The summed E-state index contributed by atoms with van der Waals surface area (Å²) < 4.78 is 0. The number of urea groups is 1. The second-order valence-electron chi connectivity index (χ2n) is 6.96. The van der Waals surface area contributed by atoms with Gasteiger partial charge in [0.1, 0.15) is 5.54 Å². The molecule has 0 aromatic carbocycles. The number of aliphatic imine (C=N–C) groups is 1. The Morgan fingerprint density at radius 3 is 2.46 bits per heavy atom. The zero-order valence-corrected chi connectivity index (χ0v) is 17.3. The molecule has 0 aromatic rings. The molecule has 0 saturated carbocycles. The number of imide groups is 1. The Bertz CT molecular complexity index is 489. The number of carbonyl (C=O) groups excluding carboxylic acids is 2. The minimum Gasteiger partial charge on any atom is -0.357 e. The van der Waals surface area contributed by atoms with Crippen molar-refractivity contribution in [3.8, 4) is 0 Å². The molecule has 2 fully saturated rings. The Labute approximate surface area is 161 Å². The van der Waals surface area contributed by atoms with E-state index in [9.17, 15) is 9.59 Å². The minimum atomic E-state index is -0.781. The van der Waals surface area contributed by atoms with Gasteiger partial charge in [-0.1, -0.05) is 13.8 Å². The van der Waals surface area contributed by atoms with Crippen molar-refractivity contribution in [2.75, 3.05) is 26.2 Å². The molecular weight excluding hydrogens is 421 g/mol. The number of guanidine groups is 1. The summed E-state index contributed by atoms with van der Waals surface area (Å²) >= 11 is 0. The van der Waals surface area contributed by atoms with Crippen LogP contribution in [0, 0.1) is 11.8 Å². The lowest BCUT2D eigenvalue weighted by atomic mass is 9.79. The van der Waals surface area contributed by atoms with E-state index in [0.717, 1.165) is 45.0 Å². The maximum Gasteiger partial charge on any atom is 0.322 e. The van der Waals surface area contributed by atoms with Crippen molar-refractivity contribution in [1.29, 1.82) is 0 Å². The smallest absolute Gasteiger partial charge is 0.322 e. The van der Waals surface area contributed by atoms with Gasteiger partial charge in [0.05, 0.1) is 0 Å². The van der Waals surface area contributed by atoms with Crippen LogP contribution in [-0.2, 0) is 4.79 Å². The zero-order valence-electron chi connectivity index (χ0n) is 15.0. The van der Waals surface area contributed by atoms with Gasteiger partial charge in [-0.2, -0.15) is 0 Å². The van der Waals surface area contributed by atoms with Gasteiger partial charge in [0.15, 0.2) is 5.96 Å². The van der Waals surface area contributed by atoms with E-state index in [1.807, 2.05) is 6.92 Å². The van der Waals surface area contributed by atoms with Crippen LogP contribution < -0.4 is 16.0 Å². The fourth-order valence-corrected chi connectivity index (χ4v) is 3.21. The largest absolute Gasteiger partial charge is 0.357 e. The molecular formula is C16H30IN5O2. The quantitative estimate of drug-likeness (QED) is 0.262. The molecule has 3 N–H and O–H groups in total. The predicted molar refractivity (Wildman–Crippen MR) is 106 cm³/mol. The number of hydrogen-bond acceptors (Lipinski definition) is 3. The molecule has 0 spiro atoms. The summed E-state index contributed by atoms with van der Waals surface area (Å²) in [4.78, 5) is 30.4. The Hall–Kier alpha value is -1.06.